The van der Waals surface area contributed by atoms with Crippen molar-refractivity contribution in [2.24, 2.45) is 0 Å². The van der Waals surface area contributed by atoms with Gasteiger partial charge in [-0.2, -0.15) is 0 Å². The maximum Gasteiger partial charge on any atom is 0.252 e. The molecule has 7 heteroatoms. The van der Waals surface area contributed by atoms with Crippen molar-refractivity contribution in [2.45, 2.75) is 37.6 Å². The van der Waals surface area contributed by atoms with E-state index in [4.69, 9.17) is 16.6 Å². The van der Waals surface area contributed by atoms with Crippen LogP contribution in [0.3, 0.4) is 0 Å². The van der Waals surface area contributed by atoms with Crippen molar-refractivity contribution < 1.29 is 4.79 Å². The highest BCUT2D eigenvalue weighted by Crippen LogP contribution is 2.40. The van der Waals surface area contributed by atoms with E-state index in [-0.39, 0.29) is 36.8 Å². The van der Waals surface area contributed by atoms with Crippen molar-refractivity contribution >= 4 is 53.2 Å². The van der Waals surface area contributed by atoms with Gasteiger partial charge in [-0.15, -0.1) is 24.8 Å². The van der Waals surface area contributed by atoms with E-state index >= 15 is 0 Å². The SMILES string of the molecule is Cl.Cl.O=C(N[C@H]1CCCNC1)c1cc(C2CC2)nc2ccc(Cl)cc12. The highest BCUT2D eigenvalue weighted by Gasteiger charge is 2.27. The average molecular weight is 403 g/mol. The molecule has 2 fully saturated rings. The lowest BCUT2D eigenvalue weighted by Crippen LogP contribution is -2.45. The van der Waals surface area contributed by atoms with Gasteiger partial charge in [-0.3, -0.25) is 9.78 Å². The number of aromatic nitrogens is 1. The van der Waals surface area contributed by atoms with Gasteiger partial charge in [0.05, 0.1) is 11.1 Å². The third-order valence-electron chi connectivity index (χ3n) is 4.66. The van der Waals surface area contributed by atoms with E-state index in [0.29, 0.717) is 16.5 Å². The van der Waals surface area contributed by atoms with E-state index in [9.17, 15) is 4.79 Å². The number of amides is 1. The molecule has 0 bridgehead atoms. The topological polar surface area (TPSA) is 54.0 Å². The molecular formula is C18H22Cl3N3O. The van der Waals surface area contributed by atoms with Crippen LogP contribution < -0.4 is 10.6 Å². The zero-order valence-corrected chi connectivity index (χ0v) is 16.1. The Labute approximate surface area is 164 Å². The number of benzene rings is 1. The molecule has 1 aromatic heterocycles. The molecule has 1 aromatic carbocycles. The van der Waals surface area contributed by atoms with Crippen LogP contribution in [0.5, 0.6) is 0 Å². The fraction of sp³-hybridized carbons (Fsp3) is 0.444. The number of nitrogens with zero attached hydrogens (tertiary/aromatic N) is 1. The molecule has 2 heterocycles. The molecule has 25 heavy (non-hydrogen) atoms. The van der Waals surface area contributed by atoms with Crippen LogP contribution in [0.15, 0.2) is 24.3 Å². The third kappa shape index (κ3) is 4.56. The minimum Gasteiger partial charge on any atom is -0.348 e. The third-order valence-corrected chi connectivity index (χ3v) is 4.90. The van der Waals surface area contributed by atoms with E-state index in [0.717, 1.165) is 42.5 Å². The molecule has 2 aromatic rings. The first-order valence-electron chi connectivity index (χ1n) is 8.32. The Morgan fingerprint density at radius 3 is 2.68 bits per heavy atom. The Balaban J connectivity index is 0.00000113. The van der Waals surface area contributed by atoms with Gasteiger partial charge in [0, 0.05) is 34.6 Å². The summed E-state index contributed by atoms with van der Waals surface area (Å²) in [5.41, 5.74) is 2.59. The molecule has 2 N–H and O–H groups in total. The summed E-state index contributed by atoms with van der Waals surface area (Å²) in [5, 5.41) is 7.96. The van der Waals surface area contributed by atoms with Gasteiger partial charge in [-0.25, -0.2) is 0 Å². The van der Waals surface area contributed by atoms with Crippen molar-refractivity contribution in [3.63, 3.8) is 0 Å². The Bertz CT molecular complexity index is 759. The minimum atomic E-state index is -0.0183. The molecule has 0 unspecified atom stereocenters. The van der Waals surface area contributed by atoms with Gasteiger partial charge in [0.25, 0.3) is 5.91 Å². The number of nitrogens with one attached hydrogen (secondary N) is 2. The predicted molar refractivity (Wildman–Crippen MR) is 107 cm³/mol. The summed E-state index contributed by atoms with van der Waals surface area (Å²) >= 11 is 6.13. The van der Waals surface area contributed by atoms with E-state index in [1.807, 2.05) is 24.3 Å². The second kappa shape index (κ2) is 8.54. The molecule has 1 saturated heterocycles. The molecule has 0 spiro atoms. The lowest BCUT2D eigenvalue weighted by molar-refractivity contribution is 0.0932. The molecule has 1 saturated carbocycles. The summed E-state index contributed by atoms with van der Waals surface area (Å²) in [7, 11) is 0. The number of hydrogen-bond donors (Lipinski definition) is 2. The Kier molecular flexibility index (Phi) is 6.92. The summed E-state index contributed by atoms with van der Waals surface area (Å²) in [6.45, 7) is 1.87. The molecular weight excluding hydrogens is 381 g/mol. The van der Waals surface area contributed by atoms with Gasteiger partial charge < -0.3 is 10.6 Å². The lowest BCUT2D eigenvalue weighted by Gasteiger charge is -2.24. The highest BCUT2D eigenvalue weighted by molar-refractivity contribution is 6.31. The highest BCUT2D eigenvalue weighted by atomic mass is 35.5. The van der Waals surface area contributed by atoms with Crippen LogP contribution >= 0.6 is 36.4 Å². The van der Waals surface area contributed by atoms with Crippen LogP contribution in [-0.2, 0) is 0 Å². The Hall–Kier alpha value is -1.07. The first kappa shape index (κ1) is 20.2. The maximum absolute atomic E-state index is 12.8. The maximum atomic E-state index is 12.8. The van der Waals surface area contributed by atoms with Crippen molar-refractivity contribution in [3.8, 4) is 0 Å². The summed E-state index contributed by atoms with van der Waals surface area (Å²) in [4.78, 5) is 17.5. The first-order chi connectivity index (χ1) is 11.2. The van der Waals surface area contributed by atoms with Crippen LogP contribution in [0.4, 0.5) is 0 Å². The first-order valence-corrected chi connectivity index (χ1v) is 8.70. The second-order valence-corrected chi connectivity index (χ2v) is 6.98. The van der Waals surface area contributed by atoms with Crippen LogP contribution in [-0.4, -0.2) is 30.0 Å². The quantitative estimate of drug-likeness (QED) is 0.813. The molecule has 2 aliphatic rings. The summed E-state index contributed by atoms with van der Waals surface area (Å²) < 4.78 is 0. The minimum absolute atomic E-state index is 0. The normalized spacial score (nSPS) is 19.6. The average Bonchev–Trinajstić information content (AvgIpc) is 3.39. The number of hydrogen-bond acceptors (Lipinski definition) is 3. The number of pyridine rings is 1. The second-order valence-electron chi connectivity index (χ2n) is 6.55. The number of piperidine rings is 1. The summed E-state index contributed by atoms with van der Waals surface area (Å²) in [6, 6.07) is 7.74. The molecule has 4 nitrogen and oxygen atoms in total. The van der Waals surface area contributed by atoms with Gasteiger partial charge >= 0.3 is 0 Å². The standard InChI is InChI=1S/C18H20ClN3O.2ClH/c19-12-5-6-16-14(8-12)15(9-17(22-16)11-3-4-11)18(23)21-13-2-1-7-20-10-13;;/h5-6,8-9,11,13,20H,1-4,7,10H2,(H,21,23);2*1H/t13-;;/m0../s1. The van der Waals surface area contributed by atoms with Gasteiger partial charge in [-0.05, 0) is 56.5 Å². The summed E-state index contributed by atoms with van der Waals surface area (Å²) in [6.07, 6.45) is 4.46. The Morgan fingerprint density at radius 2 is 2.00 bits per heavy atom. The van der Waals surface area contributed by atoms with Gasteiger partial charge in [0.1, 0.15) is 0 Å². The number of rotatable bonds is 3. The van der Waals surface area contributed by atoms with Crippen molar-refractivity contribution in [1.29, 1.82) is 0 Å². The van der Waals surface area contributed by atoms with Gasteiger partial charge in [0.15, 0.2) is 0 Å². The molecule has 0 radical (unpaired) electrons. The van der Waals surface area contributed by atoms with Crippen molar-refractivity contribution in [1.82, 2.24) is 15.6 Å². The van der Waals surface area contributed by atoms with Crippen LogP contribution in [0, 0.1) is 0 Å². The number of fused-ring (bicyclic) bond motifs is 1. The van der Waals surface area contributed by atoms with E-state index in [1.165, 1.54) is 12.8 Å². The zero-order chi connectivity index (χ0) is 15.8. The smallest absolute Gasteiger partial charge is 0.252 e. The predicted octanol–water partition coefficient (Wildman–Crippen LogP) is 4.09. The van der Waals surface area contributed by atoms with Crippen LogP contribution in [0.2, 0.25) is 5.02 Å². The molecule has 1 amide bonds. The monoisotopic (exact) mass is 401 g/mol. The van der Waals surface area contributed by atoms with Crippen molar-refractivity contribution in [2.75, 3.05) is 13.1 Å². The largest absolute Gasteiger partial charge is 0.348 e. The van der Waals surface area contributed by atoms with Gasteiger partial charge in [-0.1, -0.05) is 11.6 Å². The summed E-state index contributed by atoms with van der Waals surface area (Å²) in [5.74, 6) is 0.494. The molecule has 1 aliphatic heterocycles. The molecule has 1 atom stereocenters. The number of carbonyl (C=O) groups excluding carboxylic acids is 1. The van der Waals surface area contributed by atoms with E-state index in [1.54, 1.807) is 0 Å². The number of carbonyl (C=O) groups is 1. The molecule has 1 aliphatic carbocycles. The van der Waals surface area contributed by atoms with E-state index in [2.05, 4.69) is 10.6 Å². The fourth-order valence-electron chi connectivity index (χ4n) is 3.23. The lowest BCUT2D eigenvalue weighted by atomic mass is 10.0. The van der Waals surface area contributed by atoms with Gasteiger partial charge in [0.2, 0.25) is 0 Å². The zero-order valence-electron chi connectivity index (χ0n) is 13.8. The fourth-order valence-corrected chi connectivity index (χ4v) is 3.40. The van der Waals surface area contributed by atoms with Crippen LogP contribution in [0.1, 0.15) is 47.7 Å². The van der Waals surface area contributed by atoms with E-state index < -0.39 is 0 Å². The Morgan fingerprint density at radius 1 is 1.20 bits per heavy atom. The molecule has 4 rings (SSSR count). The van der Waals surface area contributed by atoms with Crippen LogP contribution in [0.25, 0.3) is 10.9 Å². The van der Waals surface area contributed by atoms with Crippen molar-refractivity contribution in [3.05, 3.63) is 40.5 Å². The molecule has 136 valence electrons. The number of halogens is 3.